The van der Waals surface area contributed by atoms with Crippen molar-refractivity contribution >= 4 is 27.5 Å². The van der Waals surface area contributed by atoms with Crippen LogP contribution in [0.1, 0.15) is 0 Å². The molecule has 1 aromatic heterocycles. The SMILES string of the molecule is Fc1cc(F)c(-c2noc(Cl)c2Br)cc1F. The predicted octanol–water partition coefficient (Wildman–Crippen LogP) is 4.17. The lowest BCUT2D eigenvalue weighted by Gasteiger charge is -2.00. The first-order chi connectivity index (χ1) is 7.50. The largest absolute Gasteiger partial charge is 0.343 e. The molecule has 0 atom stereocenters. The Morgan fingerprint density at radius 3 is 2.31 bits per heavy atom. The molecule has 0 saturated heterocycles. The van der Waals surface area contributed by atoms with Crippen LogP contribution in [0.4, 0.5) is 13.2 Å². The second-order valence-corrected chi connectivity index (χ2v) is 4.00. The van der Waals surface area contributed by atoms with Crippen LogP contribution in [-0.4, -0.2) is 5.16 Å². The number of halogens is 5. The van der Waals surface area contributed by atoms with Crippen molar-refractivity contribution in [1.82, 2.24) is 5.16 Å². The number of hydrogen-bond acceptors (Lipinski definition) is 2. The molecule has 0 unspecified atom stereocenters. The highest BCUT2D eigenvalue weighted by Gasteiger charge is 2.19. The molecule has 0 aliphatic rings. The molecule has 0 saturated carbocycles. The Hall–Kier alpha value is -1.01. The van der Waals surface area contributed by atoms with Crippen LogP contribution in [0.25, 0.3) is 11.3 Å². The second-order valence-electron chi connectivity index (χ2n) is 2.87. The van der Waals surface area contributed by atoms with E-state index in [1.807, 2.05) is 0 Å². The highest BCUT2D eigenvalue weighted by Crippen LogP contribution is 2.35. The Balaban J connectivity index is 2.65. The minimum atomic E-state index is -1.27. The summed E-state index contributed by atoms with van der Waals surface area (Å²) in [7, 11) is 0. The highest BCUT2D eigenvalue weighted by molar-refractivity contribution is 9.10. The molecule has 16 heavy (non-hydrogen) atoms. The minimum absolute atomic E-state index is 0.0265. The molecule has 84 valence electrons. The van der Waals surface area contributed by atoms with E-state index in [1.54, 1.807) is 0 Å². The van der Waals surface area contributed by atoms with Crippen LogP contribution in [0.15, 0.2) is 21.1 Å². The number of aromatic nitrogens is 1. The standard InChI is InChI=1S/C9H2BrClF3NO/c10-7-8(15-16-9(7)11)3-1-5(13)6(14)2-4(3)12/h1-2H. The molecule has 0 aliphatic carbocycles. The van der Waals surface area contributed by atoms with Crippen molar-refractivity contribution in [2.45, 2.75) is 0 Å². The Morgan fingerprint density at radius 2 is 1.75 bits per heavy atom. The smallest absolute Gasteiger partial charge is 0.240 e. The van der Waals surface area contributed by atoms with Gasteiger partial charge in [-0.05, 0) is 33.6 Å². The summed E-state index contributed by atoms with van der Waals surface area (Å²) in [6, 6.07) is 1.11. The van der Waals surface area contributed by atoms with Crippen molar-refractivity contribution in [2.24, 2.45) is 0 Å². The molecule has 0 amide bonds. The highest BCUT2D eigenvalue weighted by atomic mass is 79.9. The van der Waals surface area contributed by atoms with Crippen molar-refractivity contribution in [1.29, 1.82) is 0 Å². The van der Waals surface area contributed by atoms with Crippen molar-refractivity contribution in [2.75, 3.05) is 0 Å². The molecule has 0 fully saturated rings. The molecule has 0 spiro atoms. The van der Waals surface area contributed by atoms with Crippen molar-refractivity contribution in [3.8, 4) is 11.3 Å². The van der Waals surface area contributed by atoms with Gasteiger partial charge in [0.15, 0.2) is 11.6 Å². The van der Waals surface area contributed by atoms with E-state index in [0.717, 1.165) is 0 Å². The van der Waals surface area contributed by atoms with E-state index < -0.39 is 17.5 Å². The number of benzene rings is 1. The topological polar surface area (TPSA) is 26.0 Å². The first-order valence-electron chi connectivity index (χ1n) is 3.96. The van der Waals surface area contributed by atoms with Gasteiger partial charge in [0.1, 0.15) is 16.0 Å². The van der Waals surface area contributed by atoms with Crippen molar-refractivity contribution in [3.63, 3.8) is 0 Å². The van der Waals surface area contributed by atoms with Crippen LogP contribution in [-0.2, 0) is 0 Å². The molecule has 2 rings (SSSR count). The zero-order valence-corrected chi connectivity index (χ0v) is 9.74. The van der Waals surface area contributed by atoms with Crippen LogP contribution >= 0.6 is 27.5 Å². The van der Waals surface area contributed by atoms with Gasteiger partial charge in [0.25, 0.3) is 0 Å². The van der Waals surface area contributed by atoms with Gasteiger partial charge in [-0.25, -0.2) is 13.2 Å². The van der Waals surface area contributed by atoms with E-state index in [9.17, 15) is 13.2 Å². The van der Waals surface area contributed by atoms with Crippen LogP contribution < -0.4 is 0 Å². The van der Waals surface area contributed by atoms with Gasteiger partial charge < -0.3 is 4.52 Å². The van der Waals surface area contributed by atoms with Crippen LogP contribution in [0.2, 0.25) is 5.22 Å². The number of nitrogens with zero attached hydrogens (tertiary/aromatic N) is 1. The molecule has 0 aliphatic heterocycles. The fraction of sp³-hybridized carbons (Fsp3) is 0. The third kappa shape index (κ3) is 1.82. The summed E-state index contributed by atoms with van der Waals surface area (Å²) >= 11 is 8.53. The van der Waals surface area contributed by atoms with E-state index in [4.69, 9.17) is 11.6 Å². The molecule has 7 heteroatoms. The third-order valence-electron chi connectivity index (χ3n) is 1.86. The average Bonchev–Trinajstić information content (AvgIpc) is 2.54. The summed E-state index contributed by atoms with van der Waals surface area (Å²) in [6.45, 7) is 0. The van der Waals surface area contributed by atoms with E-state index in [0.29, 0.717) is 12.1 Å². The normalized spacial score (nSPS) is 10.8. The fourth-order valence-electron chi connectivity index (χ4n) is 1.13. The van der Waals surface area contributed by atoms with Gasteiger partial charge >= 0.3 is 0 Å². The Morgan fingerprint density at radius 1 is 1.12 bits per heavy atom. The zero-order chi connectivity index (χ0) is 11.9. The Labute approximate surface area is 101 Å². The van der Waals surface area contributed by atoms with Gasteiger partial charge in [0.05, 0.1) is 0 Å². The summed E-state index contributed by atoms with van der Waals surface area (Å²) < 4.78 is 43.7. The molecule has 1 heterocycles. The molecule has 2 nitrogen and oxygen atoms in total. The summed E-state index contributed by atoms with van der Waals surface area (Å²) in [5.74, 6) is -3.40. The Bertz CT molecular complexity index is 558. The lowest BCUT2D eigenvalue weighted by molar-refractivity contribution is 0.423. The zero-order valence-electron chi connectivity index (χ0n) is 7.40. The monoisotopic (exact) mass is 311 g/mol. The predicted molar refractivity (Wildman–Crippen MR) is 54.5 cm³/mol. The molecule has 2 aromatic rings. The fourth-order valence-corrected chi connectivity index (χ4v) is 1.61. The van der Waals surface area contributed by atoms with Gasteiger partial charge in [0, 0.05) is 11.6 Å². The molecule has 0 radical (unpaired) electrons. The van der Waals surface area contributed by atoms with E-state index >= 15 is 0 Å². The third-order valence-corrected chi connectivity index (χ3v) is 3.08. The molecule has 0 N–H and O–H groups in total. The second kappa shape index (κ2) is 4.10. The van der Waals surface area contributed by atoms with Gasteiger partial charge in [0.2, 0.25) is 5.22 Å². The van der Waals surface area contributed by atoms with E-state index in [-0.39, 0.29) is 20.9 Å². The Kier molecular flexibility index (Phi) is 2.94. The van der Waals surface area contributed by atoms with E-state index in [2.05, 4.69) is 25.6 Å². The molecule has 1 aromatic carbocycles. The van der Waals surface area contributed by atoms with Crippen molar-refractivity contribution < 1.29 is 17.7 Å². The van der Waals surface area contributed by atoms with E-state index in [1.165, 1.54) is 0 Å². The van der Waals surface area contributed by atoms with Crippen molar-refractivity contribution in [3.05, 3.63) is 39.3 Å². The maximum absolute atomic E-state index is 13.4. The number of rotatable bonds is 1. The number of hydrogen-bond donors (Lipinski definition) is 0. The van der Waals surface area contributed by atoms with Crippen LogP contribution in [0.5, 0.6) is 0 Å². The average molecular weight is 312 g/mol. The van der Waals surface area contributed by atoms with Gasteiger partial charge in [-0.15, -0.1) is 0 Å². The quantitative estimate of drug-likeness (QED) is 0.739. The molecular formula is C9H2BrClF3NO. The lowest BCUT2D eigenvalue weighted by atomic mass is 10.1. The van der Waals surface area contributed by atoms with Gasteiger partial charge in [-0.3, -0.25) is 0 Å². The summed E-state index contributed by atoms with van der Waals surface area (Å²) in [5, 5.41) is 3.34. The summed E-state index contributed by atoms with van der Waals surface area (Å²) in [5.41, 5.74) is -0.261. The first kappa shape index (κ1) is 11.5. The molecular weight excluding hydrogens is 310 g/mol. The minimum Gasteiger partial charge on any atom is -0.343 e. The maximum atomic E-state index is 13.4. The first-order valence-corrected chi connectivity index (χ1v) is 5.13. The van der Waals surface area contributed by atoms with Gasteiger partial charge in [-0.2, -0.15) is 0 Å². The maximum Gasteiger partial charge on any atom is 0.240 e. The van der Waals surface area contributed by atoms with Crippen LogP contribution in [0, 0.1) is 17.5 Å². The summed E-state index contributed by atoms with van der Waals surface area (Å²) in [6.07, 6.45) is 0. The lowest BCUT2D eigenvalue weighted by Crippen LogP contribution is -1.91. The van der Waals surface area contributed by atoms with Gasteiger partial charge in [-0.1, -0.05) is 5.16 Å². The van der Waals surface area contributed by atoms with Crippen LogP contribution in [0.3, 0.4) is 0 Å². The summed E-state index contributed by atoms with van der Waals surface area (Å²) in [4.78, 5) is 0. The molecule has 0 bridgehead atoms.